The second-order valence-corrected chi connectivity index (χ2v) is 6.99. The van der Waals surface area contributed by atoms with E-state index in [1.165, 1.54) is 12.7 Å². The number of rotatable bonds is 11. The fraction of sp³-hybridized carbons (Fsp3) is 0.320. The monoisotopic (exact) mass is 426 g/mol. The van der Waals surface area contributed by atoms with E-state index in [2.05, 4.69) is 19.9 Å². The summed E-state index contributed by atoms with van der Waals surface area (Å²) >= 11 is 0. The number of esters is 1. The largest absolute Gasteiger partial charge is 0.465 e. The summed E-state index contributed by atoms with van der Waals surface area (Å²) in [5.41, 5.74) is 4.65. The average molecular weight is 427 g/mol. The van der Waals surface area contributed by atoms with Gasteiger partial charge in [-0.15, -0.1) is 0 Å². The van der Waals surface area contributed by atoms with E-state index in [0.29, 0.717) is 23.5 Å². The molecule has 0 bridgehead atoms. The summed E-state index contributed by atoms with van der Waals surface area (Å²) in [5.74, 6) is 0.862. The number of carbonyl (C=O) groups is 1. The van der Waals surface area contributed by atoms with E-state index in [9.17, 15) is 4.79 Å². The van der Waals surface area contributed by atoms with Crippen LogP contribution in [0, 0.1) is 0 Å². The van der Waals surface area contributed by atoms with Crippen LogP contribution >= 0.6 is 0 Å². The number of hydrogen-bond donors (Lipinski definition) is 0. The van der Waals surface area contributed by atoms with Gasteiger partial charge >= 0.3 is 5.97 Å². The highest BCUT2D eigenvalue weighted by Crippen LogP contribution is 2.36. The SMILES string of the molecule is COCOc1ccc(/C=C/c2ccc(C(=O)OC)cc2)c(CC=C(C)C)c1OCOC. The molecule has 0 aromatic heterocycles. The van der Waals surface area contributed by atoms with Crippen molar-refractivity contribution in [2.45, 2.75) is 20.3 Å². The molecular weight excluding hydrogens is 396 g/mol. The zero-order valence-corrected chi connectivity index (χ0v) is 18.8. The first-order valence-electron chi connectivity index (χ1n) is 9.89. The second-order valence-electron chi connectivity index (χ2n) is 6.99. The first kappa shape index (κ1) is 24.2. The molecule has 0 heterocycles. The van der Waals surface area contributed by atoms with Crippen molar-refractivity contribution in [3.63, 3.8) is 0 Å². The smallest absolute Gasteiger partial charge is 0.337 e. The molecule has 0 amide bonds. The first-order chi connectivity index (χ1) is 15.0. The van der Waals surface area contributed by atoms with Crippen LogP contribution in [0.4, 0.5) is 0 Å². The molecule has 0 spiro atoms. The summed E-state index contributed by atoms with van der Waals surface area (Å²) in [6.07, 6.45) is 6.81. The molecule has 0 aliphatic rings. The third kappa shape index (κ3) is 7.27. The van der Waals surface area contributed by atoms with Gasteiger partial charge in [-0.3, -0.25) is 0 Å². The number of ether oxygens (including phenoxy) is 5. The quantitative estimate of drug-likeness (QED) is 0.215. The van der Waals surface area contributed by atoms with Crippen LogP contribution in [0.15, 0.2) is 48.0 Å². The molecule has 0 aliphatic heterocycles. The molecule has 2 aromatic carbocycles. The normalized spacial score (nSPS) is 10.7. The molecule has 6 nitrogen and oxygen atoms in total. The van der Waals surface area contributed by atoms with E-state index < -0.39 is 0 Å². The Bertz CT molecular complexity index is 908. The predicted octanol–water partition coefficient (Wildman–Crippen LogP) is 5.12. The summed E-state index contributed by atoms with van der Waals surface area (Å²) in [6.45, 7) is 4.33. The van der Waals surface area contributed by atoms with Crippen LogP contribution in [0.5, 0.6) is 11.5 Å². The molecule has 0 atom stereocenters. The molecule has 0 saturated heterocycles. The number of carbonyl (C=O) groups excluding carboxylic acids is 1. The maximum Gasteiger partial charge on any atom is 0.337 e. The standard InChI is InChI=1S/C25H30O6/c1-18(2)6-14-22-20(10-7-19-8-11-21(12-9-19)25(26)29-5)13-15-23(30-16-27-3)24(22)31-17-28-4/h6-13,15H,14,16-17H2,1-5H3/b10-7+. The Morgan fingerprint density at radius 2 is 1.55 bits per heavy atom. The van der Waals surface area contributed by atoms with Crippen molar-refractivity contribution in [3.05, 3.63) is 70.3 Å². The van der Waals surface area contributed by atoms with E-state index in [1.54, 1.807) is 26.4 Å². The number of benzene rings is 2. The van der Waals surface area contributed by atoms with Gasteiger partial charge in [0.05, 0.1) is 12.7 Å². The van der Waals surface area contributed by atoms with Crippen LogP contribution in [-0.4, -0.2) is 40.9 Å². The molecule has 166 valence electrons. The Hall–Kier alpha value is -3.09. The van der Waals surface area contributed by atoms with Crippen LogP contribution in [0.25, 0.3) is 12.2 Å². The lowest BCUT2D eigenvalue weighted by Gasteiger charge is -2.17. The minimum Gasteiger partial charge on any atom is -0.465 e. The highest BCUT2D eigenvalue weighted by molar-refractivity contribution is 5.89. The lowest BCUT2D eigenvalue weighted by Crippen LogP contribution is -2.07. The molecule has 0 N–H and O–H groups in total. The Labute approximate surface area is 184 Å². The number of allylic oxidation sites excluding steroid dienone is 2. The molecule has 0 radical (unpaired) electrons. The minimum absolute atomic E-state index is 0.104. The first-order valence-corrected chi connectivity index (χ1v) is 9.89. The molecule has 0 aliphatic carbocycles. The molecule has 0 fully saturated rings. The van der Waals surface area contributed by atoms with Crippen molar-refractivity contribution in [2.75, 3.05) is 34.9 Å². The summed E-state index contributed by atoms with van der Waals surface area (Å²) < 4.78 is 26.5. The van der Waals surface area contributed by atoms with Crippen molar-refractivity contribution in [3.8, 4) is 11.5 Å². The van der Waals surface area contributed by atoms with Gasteiger partial charge in [-0.1, -0.05) is 42.0 Å². The minimum atomic E-state index is -0.355. The highest BCUT2D eigenvalue weighted by atomic mass is 16.7. The Morgan fingerprint density at radius 1 is 0.871 bits per heavy atom. The number of methoxy groups -OCH3 is 3. The van der Waals surface area contributed by atoms with Crippen LogP contribution in [0.2, 0.25) is 0 Å². The van der Waals surface area contributed by atoms with E-state index in [1.807, 2.05) is 36.4 Å². The summed E-state index contributed by atoms with van der Waals surface area (Å²) in [5, 5.41) is 0. The van der Waals surface area contributed by atoms with E-state index >= 15 is 0 Å². The van der Waals surface area contributed by atoms with Crippen molar-refractivity contribution >= 4 is 18.1 Å². The maximum atomic E-state index is 11.6. The van der Waals surface area contributed by atoms with Gasteiger partial charge in [0.25, 0.3) is 0 Å². The second kappa shape index (κ2) is 12.6. The fourth-order valence-corrected chi connectivity index (χ4v) is 2.84. The molecule has 2 aromatic rings. The summed E-state index contributed by atoms with van der Waals surface area (Å²) in [7, 11) is 4.52. The van der Waals surface area contributed by atoms with Gasteiger partial charge in [0.15, 0.2) is 25.1 Å². The Balaban J connectivity index is 2.42. The van der Waals surface area contributed by atoms with E-state index in [4.69, 9.17) is 23.7 Å². The molecule has 2 rings (SSSR count). The maximum absolute atomic E-state index is 11.6. The van der Waals surface area contributed by atoms with Crippen molar-refractivity contribution in [2.24, 2.45) is 0 Å². The third-order valence-corrected chi connectivity index (χ3v) is 4.42. The van der Waals surface area contributed by atoms with Gasteiger partial charge in [0.1, 0.15) is 0 Å². The van der Waals surface area contributed by atoms with Crippen LogP contribution in [0.1, 0.15) is 40.9 Å². The van der Waals surface area contributed by atoms with Gasteiger partial charge in [-0.25, -0.2) is 4.79 Å². The fourth-order valence-electron chi connectivity index (χ4n) is 2.84. The van der Waals surface area contributed by atoms with Gasteiger partial charge in [0, 0.05) is 19.8 Å². The van der Waals surface area contributed by atoms with Crippen LogP contribution in [-0.2, 0) is 20.6 Å². The summed E-state index contributed by atoms with van der Waals surface area (Å²) in [4.78, 5) is 11.6. The van der Waals surface area contributed by atoms with Gasteiger partial charge in [-0.05, 0) is 49.6 Å². The zero-order chi connectivity index (χ0) is 22.6. The Kier molecular flexibility index (Phi) is 9.81. The van der Waals surface area contributed by atoms with Crippen molar-refractivity contribution < 1.29 is 28.5 Å². The molecular formula is C25H30O6. The van der Waals surface area contributed by atoms with E-state index in [0.717, 1.165) is 16.7 Å². The van der Waals surface area contributed by atoms with Crippen molar-refractivity contribution in [1.29, 1.82) is 0 Å². The van der Waals surface area contributed by atoms with Crippen LogP contribution < -0.4 is 9.47 Å². The third-order valence-electron chi connectivity index (χ3n) is 4.42. The van der Waals surface area contributed by atoms with Gasteiger partial charge in [-0.2, -0.15) is 0 Å². The van der Waals surface area contributed by atoms with Crippen molar-refractivity contribution in [1.82, 2.24) is 0 Å². The van der Waals surface area contributed by atoms with Gasteiger partial charge < -0.3 is 23.7 Å². The number of hydrogen-bond acceptors (Lipinski definition) is 6. The molecule has 0 unspecified atom stereocenters. The molecule has 0 saturated carbocycles. The van der Waals surface area contributed by atoms with Gasteiger partial charge in [0.2, 0.25) is 0 Å². The lowest BCUT2D eigenvalue weighted by molar-refractivity contribution is 0.0318. The highest BCUT2D eigenvalue weighted by Gasteiger charge is 2.15. The summed E-state index contributed by atoms with van der Waals surface area (Å²) in [6, 6.07) is 11.1. The lowest BCUT2D eigenvalue weighted by atomic mass is 10.00. The average Bonchev–Trinajstić information content (AvgIpc) is 2.78. The Morgan fingerprint density at radius 3 is 2.16 bits per heavy atom. The molecule has 31 heavy (non-hydrogen) atoms. The topological polar surface area (TPSA) is 63.2 Å². The zero-order valence-electron chi connectivity index (χ0n) is 18.8. The molecule has 6 heteroatoms. The predicted molar refractivity (Wildman–Crippen MR) is 121 cm³/mol. The van der Waals surface area contributed by atoms with E-state index in [-0.39, 0.29) is 19.6 Å². The van der Waals surface area contributed by atoms with Crippen LogP contribution in [0.3, 0.4) is 0 Å².